The fourth-order valence-corrected chi connectivity index (χ4v) is 3.37. The molecule has 0 saturated heterocycles. The molecule has 0 fully saturated rings. The molecule has 1 aromatic carbocycles. The highest BCUT2D eigenvalue weighted by Crippen LogP contribution is 2.20. The Bertz CT molecular complexity index is 960. The van der Waals surface area contributed by atoms with Crippen LogP contribution in [0.3, 0.4) is 0 Å². The van der Waals surface area contributed by atoms with E-state index in [0.717, 1.165) is 22.5 Å². The third-order valence-electron chi connectivity index (χ3n) is 4.87. The summed E-state index contributed by atoms with van der Waals surface area (Å²) < 4.78 is 1.72. The van der Waals surface area contributed by atoms with Crippen LogP contribution in [0.4, 0.5) is 0 Å². The Balaban J connectivity index is 1.68. The molecule has 0 radical (unpaired) electrons. The SMILES string of the molecule is Cc1ccc(C)c([C@H](C)NC(=O)CCc2c(C)nc3ncnn3c2C)c1. The molecule has 0 saturated carbocycles. The zero-order valence-corrected chi connectivity index (χ0v) is 16.0. The van der Waals surface area contributed by atoms with E-state index < -0.39 is 0 Å². The van der Waals surface area contributed by atoms with Crippen molar-refractivity contribution in [2.75, 3.05) is 0 Å². The summed E-state index contributed by atoms with van der Waals surface area (Å²) in [6.45, 7) is 10.1. The van der Waals surface area contributed by atoms with Crippen LogP contribution >= 0.6 is 0 Å². The van der Waals surface area contributed by atoms with Gasteiger partial charge in [-0.15, -0.1) is 0 Å². The van der Waals surface area contributed by atoms with Crippen LogP contribution in [-0.2, 0) is 11.2 Å². The number of rotatable bonds is 5. The average Bonchev–Trinajstić information content (AvgIpc) is 3.05. The Labute approximate surface area is 153 Å². The molecule has 1 amide bonds. The van der Waals surface area contributed by atoms with Gasteiger partial charge in [0.1, 0.15) is 6.33 Å². The molecule has 26 heavy (non-hydrogen) atoms. The molecule has 2 heterocycles. The molecular formula is C20H25N5O. The second-order valence-electron chi connectivity index (χ2n) is 6.88. The van der Waals surface area contributed by atoms with Gasteiger partial charge in [-0.3, -0.25) is 4.79 Å². The van der Waals surface area contributed by atoms with E-state index in [1.54, 1.807) is 4.52 Å². The van der Waals surface area contributed by atoms with Crippen molar-refractivity contribution in [3.8, 4) is 0 Å². The molecule has 6 heteroatoms. The van der Waals surface area contributed by atoms with Crippen LogP contribution in [0, 0.1) is 27.7 Å². The summed E-state index contributed by atoms with van der Waals surface area (Å²) >= 11 is 0. The number of carbonyl (C=O) groups is 1. The third kappa shape index (κ3) is 3.59. The lowest BCUT2D eigenvalue weighted by Gasteiger charge is -2.18. The van der Waals surface area contributed by atoms with E-state index in [4.69, 9.17) is 0 Å². The van der Waals surface area contributed by atoms with Crippen molar-refractivity contribution in [2.24, 2.45) is 0 Å². The van der Waals surface area contributed by atoms with E-state index in [-0.39, 0.29) is 11.9 Å². The molecule has 136 valence electrons. The monoisotopic (exact) mass is 351 g/mol. The Morgan fingerprint density at radius 1 is 1.23 bits per heavy atom. The van der Waals surface area contributed by atoms with E-state index in [1.165, 1.54) is 17.5 Å². The minimum atomic E-state index is -0.0134. The zero-order chi connectivity index (χ0) is 18.8. The van der Waals surface area contributed by atoms with Crippen LogP contribution in [-0.4, -0.2) is 25.5 Å². The summed E-state index contributed by atoms with van der Waals surface area (Å²) in [4.78, 5) is 21.1. The van der Waals surface area contributed by atoms with Gasteiger partial charge in [0.05, 0.1) is 6.04 Å². The molecule has 1 atom stereocenters. The molecular weight excluding hydrogens is 326 g/mol. The largest absolute Gasteiger partial charge is 0.350 e. The van der Waals surface area contributed by atoms with Gasteiger partial charge in [0.2, 0.25) is 5.91 Å². The number of hydrogen-bond donors (Lipinski definition) is 1. The smallest absolute Gasteiger partial charge is 0.252 e. The maximum Gasteiger partial charge on any atom is 0.252 e. The van der Waals surface area contributed by atoms with E-state index in [9.17, 15) is 4.79 Å². The molecule has 0 spiro atoms. The number of amides is 1. The summed E-state index contributed by atoms with van der Waals surface area (Å²) in [5, 5.41) is 7.31. The second kappa shape index (κ2) is 7.23. The fourth-order valence-electron chi connectivity index (χ4n) is 3.37. The highest BCUT2D eigenvalue weighted by Gasteiger charge is 2.15. The van der Waals surface area contributed by atoms with Crippen LogP contribution in [0.2, 0.25) is 0 Å². The van der Waals surface area contributed by atoms with Gasteiger partial charge in [0.15, 0.2) is 0 Å². The van der Waals surface area contributed by atoms with Gasteiger partial charge < -0.3 is 5.32 Å². The van der Waals surface area contributed by atoms with Gasteiger partial charge in [-0.05, 0) is 57.7 Å². The molecule has 6 nitrogen and oxygen atoms in total. The predicted molar refractivity (Wildman–Crippen MR) is 101 cm³/mol. The van der Waals surface area contributed by atoms with Gasteiger partial charge in [0.25, 0.3) is 5.78 Å². The molecule has 3 aromatic rings. The summed E-state index contributed by atoms with van der Waals surface area (Å²) in [5.41, 5.74) is 6.49. The predicted octanol–water partition coefficient (Wildman–Crippen LogP) is 3.17. The minimum absolute atomic E-state index is 0.0134. The normalized spacial score (nSPS) is 12.3. The van der Waals surface area contributed by atoms with Crippen LogP contribution in [0.5, 0.6) is 0 Å². The summed E-state index contributed by atoms with van der Waals surface area (Å²) in [6, 6.07) is 6.31. The van der Waals surface area contributed by atoms with Crippen molar-refractivity contribution in [2.45, 2.75) is 53.5 Å². The number of benzene rings is 1. The average molecular weight is 351 g/mol. The van der Waals surface area contributed by atoms with E-state index >= 15 is 0 Å². The second-order valence-corrected chi connectivity index (χ2v) is 6.88. The number of aryl methyl sites for hydroxylation is 4. The Morgan fingerprint density at radius 3 is 2.77 bits per heavy atom. The first-order chi connectivity index (χ1) is 12.4. The lowest BCUT2D eigenvalue weighted by molar-refractivity contribution is -0.121. The minimum Gasteiger partial charge on any atom is -0.350 e. The Hall–Kier alpha value is -2.76. The lowest BCUT2D eigenvalue weighted by Crippen LogP contribution is -2.27. The topological polar surface area (TPSA) is 72.2 Å². The Morgan fingerprint density at radius 2 is 2.00 bits per heavy atom. The van der Waals surface area contributed by atoms with Crippen LogP contribution in [0.15, 0.2) is 24.5 Å². The van der Waals surface area contributed by atoms with Crippen molar-refractivity contribution in [3.63, 3.8) is 0 Å². The van der Waals surface area contributed by atoms with E-state index in [0.29, 0.717) is 18.6 Å². The van der Waals surface area contributed by atoms with Crippen molar-refractivity contribution >= 4 is 11.7 Å². The molecule has 2 aromatic heterocycles. The molecule has 0 bridgehead atoms. The van der Waals surface area contributed by atoms with Crippen LogP contribution in [0.1, 0.15) is 53.0 Å². The first-order valence-electron chi connectivity index (χ1n) is 8.89. The summed E-state index contributed by atoms with van der Waals surface area (Å²) in [5.74, 6) is 0.632. The Kier molecular flexibility index (Phi) is 5.02. The number of nitrogens with zero attached hydrogens (tertiary/aromatic N) is 4. The molecule has 0 unspecified atom stereocenters. The number of carbonyl (C=O) groups excluding carboxylic acids is 1. The van der Waals surface area contributed by atoms with E-state index in [1.807, 2.05) is 20.8 Å². The van der Waals surface area contributed by atoms with Crippen molar-refractivity contribution < 1.29 is 4.79 Å². The fraction of sp³-hybridized carbons (Fsp3) is 0.400. The van der Waals surface area contributed by atoms with Gasteiger partial charge >= 0.3 is 0 Å². The summed E-state index contributed by atoms with van der Waals surface area (Å²) in [6.07, 6.45) is 2.54. The number of fused-ring (bicyclic) bond motifs is 1. The molecule has 1 N–H and O–H groups in total. The van der Waals surface area contributed by atoms with Gasteiger partial charge in [-0.25, -0.2) is 9.50 Å². The van der Waals surface area contributed by atoms with Gasteiger partial charge in [-0.2, -0.15) is 10.1 Å². The number of aromatic nitrogens is 4. The van der Waals surface area contributed by atoms with Crippen LogP contribution < -0.4 is 5.32 Å². The highest BCUT2D eigenvalue weighted by molar-refractivity contribution is 5.76. The molecule has 3 rings (SSSR count). The quantitative estimate of drug-likeness (QED) is 0.766. The van der Waals surface area contributed by atoms with Crippen molar-refractivity contribution in [1.29, 1.82) is 0 Å². The zero-order valence-electron chi connectivity index (χ0n) is 16.0. The molecule has 0 aliphatic rings. The molecule has 0 aliphatic heterocycles. The number of nitrogens with one attached hydrogen (secondary N) is 1. The maximum atomic E-state index is 12.5. The first-order valence-corrected chi connectivity index (χ1v) is 8.89. The third-order valence-corrected chi connectivity index (χ3v) is 4.87. The molecule has 0 aliphatic carbocycles. The summed E-state index contributed by atoms with van der Waals surface area (Å²) in [7, 11) is 0. The van der Waals surface area contributed by atoms with Gasteiger partial charge in [0, 0.05) is 17.8 Å². The standard InChI is InChI=1S/C20H25N5O/c1-12-6-7-13(2)18(10-12)15(4)23-19(26)9-8-17-14(3)24-20-21-11-22-25(20)16(17)5/h6-7,10-11,15H,8-9H2,1-5H3,(H,23,26)/t15-/m0/s1. The van der Waals surface area contributed by atoms with Crippen molar-refractivity contribution in [1.82, 2.24) is 24.9 Å². The van der Waals surface area contributed by atoms with Gasteiger partial charge in [-0.1, -0.05) is 23.8 Å². The highest BCUT2D eigenvalue weighted by atomic mass is 16.1. The van der Waals surface area contributed by atoms with E-state index in [2.05, 4.69) is 52.4 Å². The maximum absolute atomic E-state index is 12.5. The first kappa shape index (κ1) is 18.0. The lowest BCUT2D eigenvalue weighted by atomic mass is 9.99. The van der Waals surface area contributed by atoms with Crippen LogP contribution in [0.25, 0.3) is 5.78 Å². The van der Waals surface area contributed by atoms with Crippen molar-refractivity contribution in [3.05, 3.63) is 58.2 Å². The number of hydrogen-bond acceptors (Lipinski definition) is 4.